The second-order valence-corrected chi connectivity index (χ2v) is 10.1. The predicted molar refractivity (Wildman–Crippen MR) is 153 cm³/mol. The first-order valence-corrected chi connectivity index (χ1v) is 12.8. The lowest BCUT2D eigenvalue weighted by atomic mass is 10.2. The molecular weight excluding hydrogens is 618 g/mol. The summed E-state index contributed by atoms with van der Waals surface area (Å²) in [5.74, 6) is 0.138. The largest absolute Gasteiger partial charge is 0.497 e. The van der Waals surface area contributed by atoms with Crippen LogP contribution in [0.4, 0.5) is 4.39 Å². The lowest BCUT2D eigenvalue weighted by molar-refractivity contribution is 0.414. The van der Waals surface area contributed by atoms with E-state index in [1.807, 2.05) is 29.5 Å². The molecule has 9 nitrogen and oxygen atoms in total. The maximum Gasteiger partial charge on any atom is 0.337 e. The van der Waals surface area contributed by atoms with Gasteiger partial charge in [-0.05, 0) is 77.0 Å². The molecule has 0 saturated carbocycles. The number of rotatable bonds is 6. The van der Waals surface area contributed by atoms with Crippen molar-refractivity contribution in [2.24, 2.45) is 7.05 Å². The van der Waals surface area contributed by atoms with Crippen LogP contribution in [0.1, 0.15) is 11.1 Å². The van der Waals surface area contributed by atoms with E-state index in [1.165, 1.54) is 38.6 Å². The maximum absolute atomic E-state index is 15.3. The Morgan fingerprint density at radius 3 is 2.38 bits per heavy atom. The van der Waals surface area contributed by atoms with Crippen molar-refractivity contribution in [2.75, 3.05) is 7.11 Å². The van der Waals surface area contributed by atoms with Gasteiger partial charge in [0.1, 0.15) is 34.1 Å². The van der Waals surface area contributed by atoms with Gasteiger partial charge in [0.15, 0.2) is 0 Å². The van der Waals surface area contributed by atoms with Crippen LogP contribution in [0.5, 0.6) is 17.2 Å². The van der Waals surface area contributed by atoms with Gasteiger partial charge in [-0.1, -0.05) is 12.1 Å². The molecular formula is C28H22FIN4O5. The van der Waals surface area contributed by atoms with E-state index in [0.717, 1.165) is 19.3 Å². The number of benzene rings is 2. The molecule has 0 aliphatic rings. The maximum atomic E-state index is 15.3. The summed E-state index contributed by atoms with van der Waals surface area (Å²) in [5.41, 5.74) is -0.830. The zero-order chi connectivity index (χ0) is 27.8. The van der Waals surface area contributed by atoms with Crippen LogP contribution in [0.25, 0.3) is 16.7 Å². The molecule has 0 bridgehead atoms. The van der Waals surface area contributed by atoms with Crippen molar-refractivity contribution in [3.05, 3.63) is 119 Å². The number of aryl methyl sites for hydroxylation is 2. The first-order chi connectivity index (χ1) is 18.7. The highest BCUT2D eigenvalue weighted by Crippen LogP contribution is 2.28. The van der Waals surface area contributed by atoms with Gasteiger partial charge in [0, 0.05) is 22.9 Å². The Morgan fingerprint density at radius 2 is 1.72 bits per heavy atom. The minimum Gasteiger partial charge on any atom is -0.497 e. The summed E-state index contributed by atoms with van der Waals surface area (Å²) < 4.78 is 30.3. The highest BCUT2D eigenvalue weighted by Gasteiger charge is 2.23. The molecule has 0 aliphatic carbocycles. The molecule has 5 aromatic rings. The van der Waals surface area contributed by atoms with Gasteiger partial charge in [-0.3, -0.25) is 23.7 Å². The number of fused-ring (bicyclic) bond motifs is 1. The zero-order valence-electron chi connectivity index (χ0n) is 21.1. The predicted octanol–water partition coefficient (Wildman–Crippen LogP) is 4.15. The first-order valence-electron chi connectivity index (χ1n) is 11.8. The molecule has 5 rings (SSSR count). The number of ether oxygens (including phenoxy) is 2. The third-order valence-electron chi connectivity index (χ3n) is 6.19. The van der Waals surface area contributed by atoms with Crippen molar-refractivity contribution in [3.8, 4) is 22.9 Å². The third kappa shape index (κ3) is 4.97. The van der Waals surface area contributed by atoms with Gasteiger partial charge in [-0.15, -0.1) is 0 Å². The van der Waals surface area contributed by atoms with Gasteiger partial charge >= 0.3 is 5.69 Å². The van der Waals surface area contributed by atoms with Crippen molar-refractivity contribution in [1.82, 2.24) is 18.7 Å². The van der Waals surface area contributed by atoms with Crippen LogP contribution in [0.2, 0.25) is 0 Å². The number of pyridine rings is 2. The molecule has 0 fully saturated rings. The van der Waals surface area contributed by atoms with Crippen molar-refractivity contribution in [3.63, 3.8) is 0 Å². The summed E-state index contributed by atoms with van der Waals surface area (Å²) in [7, 11) is 2.95. The van der Waals surface area contributed by atoms with Gasteiger partial charge in [0.05, 0.1) is 25.5 Å². The Kier molecular flexibility index (Phi) is 7.08. The topological polar surface area (TPSA) is 97.3 Å². The molecule has 0 N–H and O–H groups in total. The molecule has 0 saturated heterocycles. The van der Waals surface area contributed by atoms with Crippen LogP contribution in [0, 0.1) is 16.3 Å². The Balaban J connectivity index is 1.87. The second kappa shape index (κ2) is 10.5. The zero-order valence-corrected chi connectivity index (χ0v) is 23.3. The van der Waals surface area contributed by atoms with E-state index in [9.17, 15) is 14.4 Å². The lowest BCUT2D eigenvalue weighted by Crippen LogP contribution is -2.42. The van der Waals surface area contributed by atoms with Gasteiger partial charge in [-0.25, -0.2) is 13.8 Å². The molecule has 0 radical (unpaired) electrons. The highest BCUT2D eigenvalue weighted by molar-refractivity contribution is 14.1. The summed E-state index contributed by atoms with van der Waals surface area (Å²) in [6.45, 7) is 1.71. The normalized spacial score (nSPS) is 11.1. The van der Waals surface area contributed by atoms with Crippen LogP contribution < -0.4 is 26.3 Å². The number of methoxy groups -OCH3 is 1. The van der Waals surface area contributed by atoms with Gasteiger partial charge in [0.25, 0.3) is 11.1 Å². The fourth-order valence-corrected chi connectivity index (χ4v) is 4.74. The van der Waals surface area contributed by atoms with Crippen LogP contribution in [0.3, 0.4) is 0 Å². The second-order valence-electron chi connectivity index (χ2n) is 8.86. The van der Waals surface area contributed by atoms with Crippen molar-refractivity contribution in [2.45, 2.75) is 13.5 Å². The summed E-state index contributed by atoms with van der Waals surface area (Å²) >= 11 is 1.96. The summed E-state index contributed by atoms with van der Waals surface area (Å²) in [6, 6.07) is 14.1. The molecule has 0 amide bonds. The Hall–Kier alpha value is -4.26. The smallest absolute Gasteiger partial charge is 0.337 e. The molecule has 3 heterocycles. The van der Waals surface area contributed by atoms with Crippen molar-refractivity contribution < 1.29 is 13.9 Å². The van der Waals surface area contributed by atoms with Crippen molar-refractivity contribution >= 4 is 33.6 Å². The lowest BCUT2D eigenvalue weighted by Gasteiger charge is -2.19. The number of hydrogen-bond acceptors (Lipinski definition) is 6. The number of nitrogens with zero attached hydrogens (tertiary/aromatic N) is 4. The van der Waals surface area contributed by atoms with Crippen LogP contribution in [-0.4, -0.2) is 25.8 Å². The number of hydrogen-bond donors (Lipinski definition) is 0. The molecule has 39 heavy (non-hydrogen) atoms. The van der Waals surface area contributed by atoms with Crippen LogP contribution >= 0.6 is 22.6 Å². The van der Waals surface area contributed by atoms with E-state index in [1.54, 1.807) is 42.6 Å². The molecule has 0 aliphatic heterocycles. The van der Waals surface area contributed by atoms with Gasteiger partial charge in [-0.2, -0.15) is 0 Å². The fourth-order valence-electron chi connectivity index (χ4n) is 4.28. The van der Waals surface area contributed by atoms with Gasteiger partial charge in [0.2, 0.25) is 0 Å². The first kappa shape index (κ1) is 26.4. The SMILES string of the molecule is COc1ccc(Cn2c(=O)c3c(Oc4cncc(C)c4)cc(=O)n(C)c3n(-c3ccc(I)cc3F)c2=O)cc1. The average molecular weight is 640 g/mol. The Labute approximate surface area is 234 Å². The van der Waals surface area contributed by atoms with E-state index in [4.69, 9.17) is 9.47 Å². The van der Waals surface area contributed by atoms with Crippen molar-refractivity contribution in [1.29, 1.82) is 0 Å². The molecule has 198 valence electrons. The van der Waals surface area contributed by atoms with E-state index in [0.29, 0.717) is 20.6 Å². The molecule has 0 spiro atoms. The molecule has 2 aromatic carbocycles. The van der Waals surface area contributed by atoms with Crippen LogP contribution in [-0.2, 0) is 13.6 Å². The molecule has 11 heteroatoms. The molecule has 3 aromatic heterocycles. The van der Waals surface area contributed by atoms with Crippen LogP contribution in [0.15, 0.2) is 81.4 Å². The fraction of sp³-hybridized carbons (Fsp3) is 0.143. The molecule has 0 atom stereocenters. The highest BCUT2D eigenvalue weighted by atomic mass is 127. The minimum atomic E-state index is -0.812. The Morgan fingerprint density at radius 1 is 0.974 bits per heavy atom. The van der Waals surface area contributed by atoms with E-state index < -0.39 is 22.6 Å². The quantitative estimate of drug-likeness (QED) is 0.259. The standard InChI is InChI=1S/C28H22FIN4O5/c1-16-10-20(14-31-13-16)39-23-12-24(35)32(2)26-25(23)27(36)33(15-17-4-7-19(38-3)8-5-17)28(37)34(26)22-9-6-18(30)11-21(22)29/h4-14H,15H2,1-3H3. The minimum absolute atomic E-state index is 0.0651. The Bertz CT molecular complexity index is 1910. The van der Waals surface area contributed by atoms with E-state index >= 15 is 4.39 Å². The summed E-state index contributed by atoms with van der Waals surface area (Å²) in [4.78, 5) is 45.0. The summed E-state index contributed by atoms with van der Waals surface area (Å²) in [6.07, 6.45) is 3.08. The average Bonchev–Trinajstić information content (AvgIpc) is 2.90. The van der Waals surface area contributed by atoms with Gasteiger partial charge < -0.3 is 9.47 Å². The molecule has 0 unspecified atom stereocenters. The van der Waals surface area contributed by atoms with E-state index in [2.05, 4.69) is 4.98 Å². The third-order valence-corrected chi connectivity index (χ3v) is 6.86. The number of aromatic nitrogens is 4. The van der Waals surface area contributed by atoms with E-state index in [-0.39, 0.29) is 29.0 Å². The summed E-state index contributed by atoms with van der Waals surface area (Å²) in [5, 5.41) is -0.0651. The number of halogens is 2. The monoisotopic (exact) mass is 640 g/mol.